The minimum absolute atomic E-state index is 0.150. The number of carbonyl (C=O) groups excluding carboxylic acids is 1. The molecule has 1 fully saturated rings. The van der Waals surface area contributed by atoms with E-state index in [1.807, 2.05) is 47.4 Å². The number of ether oxygens (including phenoxy) is 1. The second-order valence-corrected chi connectivity index (χ2v) is 7.37. The molecule has 1 saturated heterocycles. The molecule has 0 saturated carbocycles. The second-order valence-electron chi connectivity index (χ2n) is 7.37. The molecule has 170 valence electrons. The maximum Gasteiger partial charge on any atom is 0.224 e. The summed E-state index contributed by atoms with van der Waals surface area (Å²) in [5.74, 6) is 2.58. The van der Waals surface area contributed by atoms with Crippen LogP contribution in [0.25, 0.3) is 0 Å². The van der Waals surface area contributed by atoms with E-state index in [4.69, 9.17) is 4.74 Å². The van der Waals surface area contributed by atoms with Crippen LogP contribution in [0, 0.1) is 0 Å². The second kappa shape index (κ2) is 12.3. The third kappa shape index (κ3) is 6.73. The molecule has 1 amide bonds. The number of amides is 1. The number of para-hydroxylation sites is 1. The van der Waals surface area contributed by atoms with Gasteiger partial charge in [-0.1, -0.05) is 36.9 Å². The van der Waals surface area contributed by atoms with Gasteiger partial charge in [0.05, 0.1) is 0 Å². The molecule has 1 aromatic heterocycles. The lowest BCUT2D eigenvalue weighted by Gasteiger charge is -2.35. The normalized spacial score (nSPS) is 14.1. The number of hydrogen-bond acceptors (Lipinski definition) is 5. The van der Waals surface area contributed by atoms with Gasteiger partial charge in [-0.15, -0.1) is 0 Å². The molecule has 0 spiro atoms. The molecule has 0 aliphatic carbocycles. The molecule has 1 aliphatic rings. The molecule has 0 radical (unpaired) electrons. The molecule has 0 unspecified atom stereocenters. The van der Waals surface area contributed by atoms with E-state index in [2.05, 4.69) is 32.1 Å². The van der Waals surface area contributed by atoms with Crippen molar-refractivity contribution in [3.8, 4) is 5.75 Å². The number of nitrogens with one attached hydrogen (secondary N) is 2. The van der Waals surface area contributed by atoms with Crippen molar-refractivity contribution in [2.24, 2.45) is 4.99 Å². The van der Waals surface area contributed by atoms with Crippen LogP contribution in [-0.2, 0) is 11.3 Å². The smallest absolute Gasteiger partial charge is 0.224 e. The van der Waals surface area contributed by atoms with Crippen molar-refractivity contribution in [1.82, 2.24) is 20.5 Å². The lowest BCUT2D eigenvalue weighted by Crippen LogP contribution is -2.49. The van der Waals surface area contributed by atoms with Gasteiger partial charge in [0.25, 0.3) is 0 Å². The van der Waals surface area contributed by atoms with Crippen LogP contribution in [0.4, 0.5) is 5.82 Å². The number of anilines is 1. The van der Waals surface area contributed by atoms with E-state index < -0.39 is 0 Å². The highest BCUT2D eigenvalue weighted by Gasteiger charge is 2.21. The van der Waals surface area contributed by atoms with Gasteiger partial charge in [-0.3, -0.25) is 9.79 Å². The summed E-state index contributed by atoms with van der Waals surface area (Å²) in [5.41, 5.74) is 1.03. The summed E-state index contributed by atoms with van der Waals surface area (Å²) in [6, 6.07) is 13.8. The van der Waals surface area contributed by atoms with Crippen LogP contribution in [0.3, 0.4) is 0 Å². The fraction of sp³-hybridized carbons (Fsp3) is 0.375. The standard InChI is InChI=1S/C24H32N6O2/c1-3-18-32-21-9-5-4-8-20(21)19-28-24(25-2)27-13-11-23(31)30-16-14-29(15-17-30)22-10-6-7-12-26-22/h3-10,12H,1,11,13-19H2,2H3,(H2,25,27,28). The van der Waals surface area contributed by atoms with Crippen LogP contribution in [0.1, 0.15) is 12.0 Å². The van der Waals surface area contributed by atoms with Crippen LogP contribution in [0.2, 0.25) is 0 Å². The van der Waals surface area contributed by atoms with Gasteiger partial charge in [0.2, 0.25) is 5.91 Å². The van der Waals surface area contributed by atoms with Gasteiger partial charge >= 0.3 is 0 Å². The molecule has 0 bridgehead atoms. The van der Waals surface area contributed by atoms with Crippen molar-refractivity contribution in [3.05, 3.63) is 66.9 Å². The number of piperazine rings is 1. The van der Waals surface area contributed by atoms with Gasteiger partial charge in [-0.25, -0.2) is 4.98 Å². The van der Waals surface area contributed by atoms with Crippen LogP contribution in [0.5, 0.6) is 5.75 Å². The largest absolute Gasteiger partial charge is 0.489 e. The molecule has 1 aliphatic heterocycles. The quantitative estimate of drug-likeness (QED) is 0.356. The van der Waals surface area contributed by atoms with Crippen LogP contribution >= 0.6 is 0 Å². The minimum Gasteiger partial charge on any atom is -0.489 e. The topological polar surface area (TPSA) is 82.1 Å². The summed E-state index contributed by atoms with van der Waals surface area (Å²) in [6.07, 6.45) is 3.94. The highest BCUT2D eigenvalue weighted by atomic mass is 16.5. The van der Waals surface area contributed by atoms with Gasteiger partial charge in [0.1, 0.15) is 18.2 Å². The van der Waals surface area contributed by atoms with E-state index >= 15 is 0 Å². The van der Waals surface area contributed by atoms with E-state index in [1.165, 1.54) is 0 Å². The maximum atomic E-state index is 12.6. The predicted molar refractivity (Wildman–Crippen MR) is 128 cm³/mol. The zero-order chi connectivity index (χ0) is 22.6. The Labute approximate surface area is 190 Å². The Balaban J connectivity index is 1.39. The summed E-state index contributed by atoms with van der Waals surface area (Å²) in [7, 11) is 1.72. The first-order chi connectivity index (χ1) is 15.7. The number of hydrogen-bond donors (Lipinski definition) is 2. The van der Waals surface area contributed by atoms with Crippen molar-refractivity contribution >= 4 is 17.7 Å². The highest BCUT2D eigenvalue weighted by Crippen LogP contribution is 2.17. The van der Waals surface area contributed by atoms with Crippen molar-refractivity contribution in [2.75, 3.05) is 51.3 Å². The Morgan fingerprint density at radius 3 is 2.66 bits per heavy atom. The highest BCUT2D eigenvalue weighted by molar-refractivity contribution is 5.81. The van der Waals surface area contributed by atoms with E-state index in [0.717, 1.165) is 30.2 Å². The van der Waals surface area contributed by atoms with Crippen LogP contribution < -0.4 is 20.3 Å². The Morgan fingerprint density at radius 1 is 1.16 bits per heavy atom. The third-order valence-electron chi connectivity index (χ3n) is 5.24. The van der Waals surface area contributed by atoms with Crippen LogP contribution in [0.15, 0.2) is 66.3 Å². The monoisotopic (exact) mass is 436 g/mol. The zero-order valence-corrected chi connectivity index (χ0v) is 18.7. The van der Waals surface area contributed by atoms with E-state index in [9.17, 15) is 4.79 Å². The number of nitrogens with zero attached hydrogens (tertiary/aromatic N) is 4. The lowest BCUT2D eigenvalue weighted by molar-refractivity contribution is -0.131. The van der Waals surface area contributed by atoms with Gasteiger partial charge in [0, 0.05) is 64.5 Å². The first kappa shape index (κ1) is 23.1. The maximum absolute atomic E-state index is 12.6. The van der Waals surface area contributed by atoms with Crippen molar-refractivity contribution in [2.45, 2.75) is 13.0 Å². The van der Waals surface area contributed by atoms with Crippen molar-refractivity contribution in [3.63, 3.8) is 0 Å². The molecule has 0 atom stereocenters. The minimum atomic E-state index is 0.150. The predicted octanol–water partition coefficient (Wildman–Crippen LogP) is 2.05. The average Bonchev–Trinajstić information content (AvgIpc) is 2.85. The van der Waals surface area contributed by atoms with Crippen molar-refractivity contribution < 1.29 is 9.53 Å². The summed E-state index contributed by atoms with van der Waals surface area (Å²) in [6.45, 7) is 8.26. The number of benzene rings is 1. The van der Waals surface area contributed by atoms with Crippen molar-refractivity contribution in [1.29, 1.82) is 0 Å². The summed E-state index contributed by atoms with van der Waals surface area (Å²) >= 11 is 0. The van der Waals surface area contributed by atoms with Gasteiger partial charge in [0.15, 0.2) is 5.96 Å². The van der Waals surface area contributed by atoms with Gasteiger partial charge in [-0.2, -0.15) is 0 Å². The average molecular weight is 437 g/mol. The van der Waals surface area contributed by atoms with Crippen LogP contribution in [-0.4, -0.2) is 68.1 Å². The molecule has 2 heterocycles. The fourth-order valence-electron chi connectivity index (χ4n) is 3.51. The summed E-state index contributed by atoms with van der Waals surface area (Å²) in [5, 5.41) is 6.50. The third-order valence-corrected chi connectivity index (χ3v) is 5.24. The summed E-state index contributed by atoms with van der Waals surface area (Å²) in [4.78, 5) is 25.4. The molecule has 8 nitrogen and oxygen atoms in total. The zero-order valence-electron chi connectivity index (χ0n) is 18.7. The van der Waals surface area contributed by atoms with Gasteiger partial charge < -0.3 is 25.2 Å². The first-order valence-corrected chi connectivity index (χ1v) is 10.9. The summed E-state index contributed by atoms with van der Waals surface area (Å²) < 4.78 is 5.69. The Kier molecular flexibility index (Phi) is 8.92. The molecular formula is C24H32N6O2. The molecule has 3 rings (SSSR count). The lowest BCUT2D eigenvalue weighted by atomic mass is 10.2. The molecule has 8 heteroatoms. The number of carbonyl (C=O) groups is 1. The number of aromatic nitrogens is 1. The number of guanidine groups is 1. The number of aliphatic imine (C=N–C) groups is 1. The molecule has 2 N–H and O–H groups in total. The Morgan fingerprint density at radius 2 is 1.94 bits per heavy atom. The van der Waals surface area contributed by atoms with E-state index in [1.54, 1.807) is 19.3 Å². The fourth-order valence-corrected chi connectivity index (χ4v) is 3.51. The molecule has 2 aromatic rings. The van der Waals surface area contributed by atoms with E-state index in [-0.39, 0.29) is 5.91 Å². The number of pyridine rings is 1. The molecule has 32 heavy (non-hydrogen) atoms. The molecule has 1 aromatic carbocycles. The Bertz CT molecular complexity index is 894. The Hall–Kier alpha value is -3.55. The first-order valence-electron chi connectivity index (χ1n) is 10.9. The molecular weight excluding hydrogens is 404 g/mol. The SMILES string of the molecule is C=CCOc1ccccc1CNC(=NC)NCCC(=O)N1CCN(c2ccccn2)CC1. The van der Waals surface area contributed by atoms with E-state index in [0.29, 0.717) is 45.2 Å². The van der Waals surface area contributed by atoms with Gasteiger partial charge in [-0.05, 0) is 18.2 Å². The number of rotatable bonds is 9.